The number of nitrogens with zero attached hydrogens (tertiary/aromatic N) is 1. The van der Waals surface area contributed by atoms with Gasteiger partial charge in [-0.1, -0.05) is 67.9 Å². The Kier molecular flexibility index (Phi) is 9.84. The first-order chi connectivity index (χ1) is 14.4. The maximum atomic E-state index is 13.2. The molecule has 5 nitrogen and oxygen atoms in total. The molecular weight excluding hydrogens is 400 g/mol. The largest absolute Gasteiger partial charge is 0.385 e. The van der Waals surface area contributed by atoms with E-state index in [1.54, 1.807) is 24.1 Å². The van der Waals surface area contributed by atoms with Crippen molar-refractivity contribution in [1.82, 2.24) is 10.2 Å². The van der Waals surface area contributed by atoms with Crippen molar-refractivity contribution in [3.05, 3.63) is 70.7 Å². The van der Waals surface area contributed by atoms with Crippen molar-refractivity contribution in [3.8, 4) is 0 Å². The van der Waals surface area contributed by atoms with Gasteiger partial charge in [0.1, 0.15) is 6.04 Å². The SMILES string of the molecule is COCCCNC(=O)[C@@H](Cc1ccccc1)N(Cc1ccc(Cl)cc1)C(=O)C(C)C. The fourth-order valence-electron chi connectivity index (χ4n) is 3.19. The smallest absolute Gasteiger partial charge is 0.243 e. The summed E-state index contributed by atoms with van der Waals surface area (Å²) in [6, 6.07) is 16.5. The quantitative estimate of drug-likeness (QED) is 0.546. The summed E-state index contributed by atoms with van der Waals surface area (Å²) < 4.78 is 5.06. The second-order valence-electron chi connectivity index (χ2n) is 7.59. The third kappa shape index (κ3) is 7.47. The average Bonchev–Trinajstić information content (AvgIpc) is 2.75. The number of rotatable bonds is 11. The third-order valence-electron chi connectivity index (χ3n) is 4.82. The van der Waals surface area contributed by atoms with E-state index in [4.69, 9.17) is 16.3 Å². The Balaban J connectivity index is 2.30. The minimum Gasteiger partial charge on any atom is -0.385 e. The lowest BCUT2D eigenvalue weighted by Gasteiger charge is -2.33. The summed E-state index contributed by atoms with van der Waals surface area (Å²) in [5.74, 6) is -0.437. The maximum Gasteiger partial charge on any atom is 0.243 e. The molecule has 0 saturated heterocycles. The Bertz CT molecular complexity index is 794. The summed E-state index contributed by atoms with van der Waals surface area (Å²) in [7, 11) is 1.63. The van der Waals surface area contributed by atoms with Gasteiger partial charge >= 0.3 is 0 Å². The Morgan fingerprint density at radius 1 is 1.03 bits per heavy atom. The fraction of sp³-hybridized carbons (Fsp3) is 0.417. The van der Waals surface area contributed by atoms with Crippen molar-refractivity contribution in [2.24, 2.45) is 5.92 Å². The molecule has 0 aliphatic heterocycles. The van der Waals surface area contributed by atoms with Gasteiger partial charge in [0, 0.05) is 44.2 Å². The van der Waals surface area contributed by atoms with Gasteiger partial charge in [-0.15, -0.1) is 0 Å². The molecule has 0 radical (unpaired) electrons. The van der Waals surface area contributed by atoms with Crippen LogP contribution < -0.4 is 5.32 Å². The molecule has 2 aromatic rings. The zero-order chi connectivity index (χ0) is 21.9. The third-order valence-corrected chi connectivity index (χ3v) is 5.07. The molecule has 0 fully saturated rings. The van der Waals surface area contributed by atoms with E-state index in [0.29, 0.717) is 31.1 Å². The Morgan fingerprint density at radius 2 is 1.70 bits per heavy atom. The van der Waals surface area contributed by atoms with Gasteiger partial charge in [0.05, 0.1) is 0 Å². The number of methoxy groups -OCH3 is 1. The van der Waals surface area contributed by atoms with E-state index in [0.717, 1.165) is 17.5 Å². The molecule has 0 unspecified atom stereocenters. The molecule has 0 heterocycles. The molecule has 1 atom stereocenters. The molecule has 6 heteroatoms. The molecule has 0 spiro atoms. The monoisotopic (exact) mass is 430 g/mol. The van der Waals surface area contributed by atoms with E-state index in [2.05, 4.69) is 5.32 Å². The minimum absolute atomic E-state index is 0.0575. The van der Waals surface area contributed by atoms with Gasteiger partial charge in [0.25, 0.3) is 0 Å². The zero-order valence-electron chi connectivity index (χ0n) is 17.9. The maximum absolute atomic E-state index is 13.2. The Hall–Kier alpha value is -2.37. The first-order valence-electron chi connectivity index (χ1n) is 10.3. The number of nitrogens with one attached hydrogen (secondary N) is 1. The summed E-state index contributed by atoms with van der Waals surface area (Å²) in [6.07, 6.45) is 1.17. The van der Waals surface area contributed by atoms with Crippen LogP contribution in [-0.4, -0.2) is 43.0 Å². The first kappa shape index (κ1) is 23.9. The van der Waals surface area contributed by atoms with Crippen LogP contribution in [0.2, 0.25) is 5.02 Å². The van der Waals surface area contributed by atoms with Crippen LogP contribution >= 0.6 is 11.6 Å². The van der Waals surface area contributed by atoms with Crippen LogP contribution in [0.25, 0.3) is 0 Å². The number of benzene rings is 2. The van der Waals surface area contributed by atoms with Crippen LogP contribution in [0.4, 0.5) is 0 Å². The normalized spacial score (nSPS) is 11.9. The Labute approximate surface area is 184 Å². The fourth-order valence-corrected chi connectivity index (χ4v) is 3.31. The standard InChI is InChI=1S/C24H31ClN2O3/c1-18(2)24(29)27(17-20-10-12-21(25)13-11-20)22(16-19-8-5-4-6-9-19)23(28)26-14-7-15-30-3/h4-6,8-13,18,22H,7,14-17H2,1-3H3,(H,26,28)/t22-/m1/s1. The van der Waals surface area contributed by atoms with Gasteiger partial charge in [0.15, 0.2) is 0 Å². The molecule has 2 amide bonds. The highest BCUT2D eigenvalue weighted by Gasteiger charge is 2.31. The molecule has 30 heavy (non-hydrogen) atoms. The number of ether oxygens (including phenoxy) is 1. The molecule has 162 valence electrons. The summed E-state index contributed by atoms with van der Waals surface area (Å²) in [4.78, 5) is 28.0. The summed E-state index contributed by atoms with van der Waals surface area (Å²) in [5.41, 5.74) is 1.94. The van der Waals surface area contributed by atoms with Crippen molar-refractivity contribution in [3.63, 3.8) is 0 Å². The highest BCUT2D eigenvalue weighted by Crippen LogP contribution is 2.18. The van der Waals surface area contributed by atoms with Crippen molar-refractivity contribution >= 4 is 23.4 Å². The van der Waals surface area contributed by atoms with Crippen molar-refractivity contribution in [1.29, 1.82) is 0 Å². The van der Waals surface area contributed by atoms with Crippen molar-refractivity contribution < 1.29 is 14.3 Å². The topological polar surface area (TPSA) is 58.6 Å². The lowest BCUT2D eigenvalue weighted by atomic mass is 10.0. The number of carbonyl (C=O) groups is 2. The predicted molar refractivity (Wildman–Crippen MR) is 120 cm³/mol. The lowest BCUT2D eigenvalue weighted by molar-refractivity contribution is -0.143. The number of carbonyl (C=O) groups excluding carboxylic acids is 2. The van der Waals surface area contributed by atoms with Crippen molar-refractivity contribution in [2.45, 2.75) is 39.3 Å². The summed E-state index contributed by atoms with van der Waals surface area (Å²) in [5, 5.41) is 3.61. The highest BCUT2D eigenvalue weighted by atomic mass is 35.5. The number of halogens is 1. The van der Waals surface area contributed by atoms with Crippen LogP contribution in [0.3, 0.4) is 0 Å². The van der Waals surface area contributed by atoms with Gasteiger partial charge in [-0.05, 0) is 29.7 Å². The van der Waals surface area contributed by atoms with E-state index in [1.165, 1.54) is 0 Å². The Morgan fingerprint density at radius 3 is 2.30 bits per heavy atom. The van der Waals surface area contributed by atoms with Gasteiger partial charge in [0.2, 0.25) is 11.8 Å². The molecular formula is C24H31ClN2O3. The summed E-state index contributed by atoms with van der Waals surface area (Å²) in [6.45, 7) is 5.13. The van der Waals surface area contributed by atoms with Gasteiger partial charge < -0.3 is 15.0 Å². The minimum atomic E-state index is -0.611. The second kappa shape index (κ2) is 12.4. The van der Waals surface area contributed by atoms with Crippen LogP contribution in [0, 0.1) is 5.92 Å². The number of hydrogen-bond acceptors (Lipinski definition) is 3. The lowest BCUT2D eigenvalue weighted by Crippen LogP contribution is -2.51. The van der Waals surface area contributed by atoms with Crippen LogP contribution in [-0.2, 0) is 27.3 Å². The van der Waals surface area contributed by atoms with Crippen LogP contribution in [0.15, 0.2) is 54.6 Å². The molecule has 0 aliphatic rings. The predicted octanol–water partition coefficient (Wildman–Crippen LogP) is 4.09. The summed E-state index contributed by atoms with van der Waals surface area (Å²) >= 11 is 6.01. The molecule has 0 aliphatic carbocycles. The average molecular weight is 431 g/mol. The van der Waals surface area contributed by atoms with Gasteiger partial charge in [-0.3, -0.25) is 9.59 Å². The van der Waals surface area contributed by atoms with Gasteiger partial charge in [-0.2, -0.15) is 0 Å². The van der Waals surface area contributed by atoms with E-state index < -0.39 is 6.04 Å². The molecule has 2 aromatic carbocycles. The number of hydrogen-bond donors (Lipinski definition) is 1. The molecule has 1 N–H and O–H groups in total. The number of amides is 2. The van der Waals surface area contributed by atoms with E-state index in [9.17, 15) is 9.59 Å². The van der Waals surface area contributed by atoms with E-state index in [1.807, 2.05) is 56.3 Å². The molecule has 0 saturated carbocycles. The van der Waals surface area contributed by atoms with Gasteiger partial charge in [-0.25, -0.2) is 0 Å². The highest BCUT2D eigenvalue weighted by molar-refractivity contribution is 6.30. The van der Waals surface area contributed by atoms with E-state index in [-0.39, 0.29) is 17.7 Å². The second-order valence-corrected chi connectivity index (χ2v) is 8.03. The zero-order valence-corrected chi connectivity index (χ0v) is 18.7. The first-order valence-corrected chi connectivity index (χ1v) is 10.7. The van der Waals surface area contributed by atoms with Crippen LogP contribution in [0.5, 0.6) is 0 Å². The molecule has 0 aromatic heterocycles. The van der Waals surface area contributed by atoms with E-state index >= 15 is 0 Å². The van der Waals surface area contributed by atoms with Crippen LogP contribution in [0.1, 0.15) is 31.4 Å². The van der Waals surface area contributed by atoms with Crippen molar-refractivity contribution in [2.75, 3.05) is 20.3 Å². The molecule has 2 rings (SSSR count). The molecule has 0 bridgehead atoms.